The predicted molar refractivity (Wildman–Crippen MR) is 69.6 cm³/mol. The van der Waals surface area contributed by atoms with Gasteiger partial charge in [0.25, 0.3) is 0 Å². The summed E-state index contributed by atoms with van der Waals surface area (Å²) in [7, 11) is 0. The van der Waals surface area contributed by atoms with Gasteiger partial charge in [-0.15, -0.1) is 0 Å². The van der Waals surface area contributed by atoms with Crippen LogP contribution in [0.1, 0.15) is 31.9 Å². The third-order valence-electron chi connectivity index (χ3n) is 2.02. The molecule has 92 valence electrons. The van der Waals surface area contributed by atoms with E-state index in [0.717, 1.165) is 11.1 Å². The van der Waals surface area contributed by atoms with E-state index in [9.17, 15) is 4.79 Å². The summed E-state index contributed by atoms with van der Waals surface area (Å²) in [5, 5.41) is 2.71. The Morgan fingerprint density at radius 1 is 1.47 bits per heavy atom. The Morgan fingerprint density at radius 2 is 2.18 bits per heavy atom. The average molecular weight is 233 g/mol. The minimum atomic E-state index is -0.465. The van der Waals surface area contributed by atoms with Crippen LogP contribution in [0.4, 0.5) is 4.79 Å². The van der Waals surface area contributed by atoms with Gasteiger partial charge in [-0.25, -0.2) is 4.79 Å². The van der Waals surface area contributed by atoms with Gasteiger partial charge >= 0.3 is 6.09 Å². The molecule has 0 spiro atoms. The summed E-state index contributed by atoms with van der Waals surface area (Å²) < 4.78 is 5.15. The van der Waals surface area contributed by atoms with Crippen LogP contribution >= 0.6 is 0 Å². The third kappa shape index (κ3) is 5.20. The molecule has 0 saturated heterocycles. The van der Waals surface area contributed by atoms with Crippen molar-refractivity contribution in [2.45, 2.75) is 32.9 Å². The fourth-order valence-corrected chi connectivity index (χ4v) is 1.32. The number of nitrogens with one attached hydrogen (secondary N) is 1. The minimum absolute atomic E-state index is 0.401. The largest absolute Gasteiger partial charge is 0.444 e. The summed E-state index contributed by atoms with van der Waals surface area (Å²) in [6, 6.07) is 7.82. The predicted octanol–water partition coefficient (Wildman–Crippen LogP) is 3.35. The van der Waals surface area contributed by atoms with Gasteiger partial charge < -0.3 is 10.1 Å². The van der Waals surface area contributed by atoms with Crippen LogP contribution < -0.4 is 5.32 Å². The first kappa shape index (κ1) is 13.3. The number of carbonyl (C=O) groups is 1. The number of amides is 1. The molecule has 1 aromatic carbocycles. The van der Waals surface area contributed by atoms with Crippen molar-refractivity contribution in [2.24, 2.45) is 0 Å². The minimum Gasteiger partial charge on any atom is -0.444 e. The average Bonchev–Trinajstić information content (AvgIpc) is 2.24. The van der Waals surface area contributed by atoms with Crippen molar-refractivity contribution in [3.8, 4) is 0 Å². The lowest BCUT2D eigenvalue weighted by Gasteiger charge is -2.19. The number of hydrogen-bond donors (Lipinski definition) is 1. The van der Waals surface area contributed by atoms with Crippen LogP contribution in [0, 0.1) is 0 Å². The topological polar surface area (TPSA) is 38.3 Å². The highest BCUT2D eigenvalue weighted by Gasteiger charge is 2.15. The Morgan fingerprint density at radius 3 is 2.76 bits per heavy atom. The molecule has 1 aromatic rings. The van der Waals surface area contributed by atoms with Gasteiger partial charge in [0.1, 0.15) is 5.60 Å². The molecule has 0 atom stereocenters. The van der Waals surface area contributed by atoms with E-state index in [4.69, 9.17) is 4.74 Å². The third-order valence-corrected chi connectivity index (χ3v) is 2.02. The summed E-state index contributed by atoms with van der Waals surface area (Å²) >= 11 is 0. The standard InChI is InChI=1S/C14H19NO2/c1-5-11-7-6-8-12(9-11)10-15-13(16)17-14(2,3)4/h5-9H,1,10H2,2-4H3,(H,15,16). The van der Waals surface area contributed by atoms with Crippen molar-refractivity contribution in [2.75, 3.05) is 0 Å². The molecule has 0 radical (unpaired) electrons. The van der Waals surface area contributed by atoms with Crippen LogP contribution in [0.3, 0.4) is 0 Å². The van der Waals surface area contributed by atoms with Gasteiger partial charge in [0.2, 0.25) is 0 Å². The fraction of sp³-hybridized carbons (Fsp3) is 0.357. The second-order valence-corrected chi connectivity index (χ2v) is 4.80. The van der Waals surface area contributed by atoms with Crippen molar-refractivity contribution >= 4 is 12.2 Å². The van der Waals surface area contributed by atoms with Crippen molar-refractivity contribution in [3.63, 3.8) is 0 Å². The van der Waals surface area contributed by atoms with Gasteiger partial charge in [-0.3, -0.25) is 0 Å². The zero-order valence-electron chi connectivity index (χ0n) is 10.6. The van der Waals surface area contributed by atoms with E-state index in [1.165, 1.54) is 0 Å². The Balaban J connectivity index is 2.50. The van der Waals surface area contributed by atoms with E-state index >= 15 is 0 Å². The van der Waals surface area contributed by atoms with Crippen LogP contribution in [0.2, 0.25) is 0 Å². The van der Waals surface area contributed by atoms with Gasteiger partial charge in [0.05, 0.1) is 0 Å². The highest BCUT2D eigenvalue weighted by Crippen LogP contribution is 2.08. The second kappa shape index (κ2) is 5.53. The lowest BCUT2D eigenvalue weighted by atomic mass is 10.1. The number of hydrogen-bond acceptors (Lipinski definition) is 2. The lowest BCUT2D eigenvalue weighted by molar-refractivity contribution is 0.0523. The van der Waals surface area contributed by atoms with Crippen molar-refractivity contribution in [1.82, 2.24) is 5.32 Å². The fourth-order valence-electron chi connectivity index (χ4n) is 1.32. The summed E-state index contributed by atoms with van der Waals surface area (Å²) in [6.45, 7) is 9.67. The maximum Gasteiger partial charge on any atom is 0.407 e. The number of alkyl carbamates (subject to hydrolysis) is 1. The van der Waals surface area contributed by atoms with Gasteiger partial charge in [-0.05, 0) is 38.0 Å². The maximum absolute atomic E-state index is 11.4. The van der Waals surface area contributed by atoms with Crippen molar-refractivity contribution < 1.29 is 9.53 Å². The maximum atomic E-state index is 11.4. The first-order valence-electron chi connectivity index (χ1n) is 5.59. The molecule has 17 heavy (non-hydrogen) atoms. The molecule has 0 unspecified atom stereocenters. The molecule has 3 nitrogen and oxygen atoms in total. The molecule has 3 heteroatoms. The molecule has 0 aliphatic rings. The van der Waals surface area contributed by atoms with E-state index in [0.29, 0.717) is 6.54 Å². The van der Waals surface area contributed by atoms with Gasteiger partial charge in [0.15, 0.2) is 0 Å². The first-order chi connectivity index (χ1) is 7.90. The monoisotopic (exact) mass is 233 g/mol. The van der Waals surface area contributed by atoms with Crippen LogP contribution in [-0.4, -0.2) is 11.7 Å². The zero-order chi connectivity index (χ0) is 12.9. The molecule has 1 N–H and O–H groups in total. The quantitative estimate of drug-likeness (QED) is 0.869. The summed E-state index contributed by atoms with van der Waals surface area (Å²) in [6.07, 6.45) is 1.37. The van der Waals surface area contributed by atoms with E-state index in [-0.39, 0.29) is 0 Å². The molecular formula is C14H19NO2. The van der Waals surface area contributed by atoms with E-state index in [1.807, 2.05) is 45.0 Å². The SMILES string of the molecule is C=Cc1cccc(CNC(=O)OC(C)(C)C)c1. The van der Waals surface area contributed by atoms with Gasteiger partial charge in [0, 0.05) is 6.54 Å². The van der Waals surface area contributed by atoms with E-state index in [2.05, 4.69) is 11.9 Å². The van der Waals surface area contributed by atoms with Crippen molar-refractivity contribution in [3.05, 3.63) is 42.0 Å². The number of rotatable bonds is 3. The Kier molecular flexibility index (Phi) is 4.32. The van der Waals surface area contributed by atoms with E-state index < -0.39 is 11.7 Å². The number of ether oxygens (including phenoxy) is 1. The molecule has 1 rings (SSSR count). The molecule has 0 aromatic heterocycles. The number of benzene rings is 1. The molecule has 0 heterocycles. The Labute approximate surface area is 102 Å². The highest BCUT2D eigenvalue weighted by atomic mass is 16.6. The Hall–Kier alpha value is -1.77. The van der Waals surface area contributed by atoms with Gasteiger partial charge in [-0.1, -0.05) is 30.9 Å². The molecule has 0 saturated carbocycles. The van der Waals surface area contributed by atoms with Crippen LogP contribution in [0.5, 0.6) is 0 Å². The number of carbonyl (C=O) groups excluding carboxylic acids is 1. The molecule has 0 aliphatic heterocycles. The molecule has 0 fully saturated rings. The smallest absolute Gasteiger partial charge is 0.407 e. The van der Waals surface area contributed by atoms with E-state index in [1.54, 1.807) is 6.08 Å². The molecular weight excluding hydrogens is 214 g/mol. The van der Waals surface area contributed by atoms with Crippen molar-refractivity contribution in [1.29, 1.82) is 0 Å². The Bertz CT molecular complexity index is 405. The summed E-state index contributed by atoms with van der Waals surface area (Å²) in [5.74, 6) is 0. The normalized spacial score (nSPS) is 10.8. The molecule has 0 bridgehead atoms. The van der Waals surface area contributed by atoms with Crippen LogP contribution in [0.25, 0.3) is 6.08 Å². The summed E-state index contributed by atoms with van der Waals surface area (Å²) in [4.78, 5) is 11.4. The molecule has 1 amide bonds. The zero-order valence-corrected chi connectivity index (χ0v) is 10.6. The summed E-state index contributed by atoms with van der Waals surface area (Å²) in [5.41, 5.74) is 1.59. The van der Waals surface area contributed by atoms with Crippen LogP contribution in [0.15, 0.2) is 30.8 Å². The highest BCUT2D eigenvalue weighted by molar-refractivity contribution is 5.67. The van der Waals surface area contributed by atoms with Crippen LogP contribution in [-0.2, 0) is 11.3 Å². The van der Waals surface area contributed by atoms with Gasteiger partial charge in [-0.2, -0.15) is 0 Å². The second-order valence-electron chi connectivity index (χ2n) is 4.80. The molecule has 0 aliphatic carbocycles. The lowest BCUT2D eigenvalue weighted by Crippen LogP contribution is -2.32. The first-order valence-corrected chi connectivity index (χ1v) is 5.59.